The molecular formula is C20H22F2N4O. The van der Waals surface area contributed by atoms with E-state index in [1.54, 1.807) is 6.92 Å². The topological polar surface area (TPSA) is 66.9 Å². The van der Waals surface area contributed by atoms with Crippen molar-refractivity contribution in [2.24, 2.45) is 0 Å². The minimum Gasteiger partial charge on any atom is -0.350 e. The van der Waals surface area contributed by atoms with Gasteiger partial charge in [-0.1, -0.05) is 11.6 Å². The number of aromatic nitrogens is 2. The Labute approximate surface area is 156 Å². The fourth-order valence-corrected chi connectivity index (χ4v) is 3.03. The van der Waals surface area contributed by atoms with Crippen LogP contribution in [0.1, 0.15) is 48.4 Å². The van der Waals surface area contributed by atoms with E-state index in [2.05, 4.69) is 26.7 Å². The number of benzene rings is 1. The Bertz CT molecular complexity index is 867. The molecule has 2 aromatic rings. The Morgan fingerprint density at radius 1 is 1.15 bits per heavy atom. The van der Waals surface area contributed by atoms with Gasteiger partial charge < -0.3 is 10.6 Å². The molecule has 1 aliphatic carbocycles. The van der Waals surface area contributed by atoms with Crippen molar-refractivity contribution in [2.45, 2.75) is 39.0 Å². The molecule has 0 bridgehead atoms. The highest BCUT2D eigenvalue weighted by Gasteiger charge is 2.12. The van der Waals surface area contributed by atoms with Crippen molar-refractivity contribution >= 4 is 17.4 Å². The fraction of sp³-hybridized carbons (Fsp3) is 0.350. The molecule has 1 aromatic carbocycles. The number of aryl methyl sites for hydroxylation is 1. The second kappa shape index (κ2) is 8.70. The van der Waals surface area contributed by atoms with Gasteiger partial charge >= 0.3 is 0 Å². The number of carbonyl (C=O) groups is 1. The minimum absolute atomic E-state index is 0.227. The van der Waals surface area contributed by atoms with Gasteiger partial charge in [-0.3, -0.25) is 4.79 Å². The molecule has 0 saturated heterocycles. The molecule has 0 radical (unpaired) electrons. The lowest BCUT2D eigenvalue weighted by Gasteiger charge is -2.13. The lowest BCUT2D eigenvalue weighted by molar-refractivity contribution is 0.0948. The van der Waals surface area contributed by atoms with Gasteiger partial charge in [-0.2, -0.15) is 0 Å². The zero-order valence-electron chi connectivity index (χ0n) is 15.2. The summed E-state index contributed by atoms with van der Waals surface area (Å²) >= 11 is 0. The van der Waals surface area contributed by atoms with E-state index in [0.717, 1.165) is 31.4 Å². The fourth-order valence-electron chi connectivity index (χ4n) is 3.03. The van der Waals surface area contributed by atoms with Gasteiger partial charge in [0.05, 0.1) is 0 Å². The normalized spacial score (nSPS) is 13.8. The molecule has 1 aromatic heterocycles. The van der Waals surface area contributed by atoms with Crippen LogP contribution in [0.4, 0.5) is 20.3 Å². The minimum atomic E-state index is -0.958. The number of anilines is 2. The van der Waals surface area contributed by atoms with Gasteiger partial charge in [0, 0.05) is 24.4 Å². The van der Waals surface area contributed by atoms with Gasteiger partial charge in [-0.25, -0.2) is 18.7 Å². The first kappa shape index (κ1) is 18.9. The summed E-state index contributed by atoms with van der Waals surface area (Å²) in [4.78, 5) is 20.7. The SMILES string of the molecule is Cc1nc(Nc2ccc(F)c(F)c2)cc(C(=O)NCCC2=CCCCC2)n1. The first-order valence-corrected chi connectivity index (χ1v) is 9.05. The molecule has 0 atom stereocenters. The van der Waals surface area contributed by atoms with Gasteiger partial charge in [-0.15, -0.1) is 0 Å². The van der Waals surface area contributed by atoms with E-state index in [4.69, 9.17) is 0 Å². The van der Waals surface area contributed by atoms with E-state index in [1.165, 1.54) is 30.5 Å². The molecule has 5 nitrogen and oxygen atoms in total. The van der Waals surface area contributed by atoms with Gasteiger partial charge in [0.1, 0.15) is 17.3 Å². The molecule has 1 aliphatic rings. The van der Waals surface area contributed by atoms with Crippen molar-refractivity contribution < 1.29 is 13.6 Å². The molecule has 7 heteroatoms. The number of nitrogens with one attached hydrogen (secondary N) is 2. The highest BCUT2D eigenvalue weighted by molar-refractivity contribution is 5.93. The monoisotopic (exact) mass is 372 g/mol. The van der Waals surface area contributed by atoms with Crippen LogP contribution in [0.5, 0.6) is 0 Å². The second-order valence-electron chi connectivity index (χ2n) is 6.55. The maximum atomic E-state index is 13.3. The number of carbonyl (C=O) groups excluding carboxylic acids is 1. The van der Waals surface area contributed by atoms with Crippen molar-refractivity contribution in [3.8, 4) is 0 Å². The van der Waals surface area contributed by atoms with E-state index in [0.29, 0.717) is 23.9 Å². The number of allylic oxidation sites excluding steroid dienone is 1. The third kappa shape index (κ3) is 5.32. The zero-order valence-corrected chi connectivity index (χ0v) is 15.2. The number of halogens is 2. The standard InChI is InChI=1S/C20H22F2N4O/c1-13-24-18(20(27)23-10-9-14-5-3-2-4-6-14)12-19(25-13)26-15-7-8-16(21)17(22)11-15/h5,7-8,11-12H,2-4,6,9-10H2,1H3,(H,23,27)(H,24,25,26). The lowest BCUT2D eigenvalue weighted by atomic mass is 9.97. The van der Waals surface area contributed by atoms with Crippen molar-refractivity contribution in [1.29, 1.82) is 0 Å². The summed E-state index contributed by atoms with van der Waals surface area (Å²) in [5.74, 6) is -1.42. The maximum Gasteiger partial charge on any atom is 0.270 e. The van der Waals surface area contributed by atoms with Crippen LogP contribution in [-0.4, -0.2) is 22.4 Å². The summed E-state index contributed by atoms with van der Waals surface area (Å²) < 4.78 is 26.4. The molecule has 0 spiro atoms. The molecule has 2 N–H and O–H groups in total. The Kier molecular flexibility index (Phi) is 6.11. The molecule has 1 heterocycles. The van der Waals surface area contributed by atoms with Crippen LogP contribution in [0.15, 0.2) is 35.9 Å². The highest BCUT2D eigenvalue weighted by Crippen LogP contribution is 2.20. The van der Waals surface area contributed by atoms with E-state index < -0.39 is 11.6 Å². The average molecular weight is 372 g/mol. The average Bonchev–Trinajstić information content (AvgIpc) is 2.65. The Morgan fingerprint density at radius 3 is 2.74 bits per heavy atom. The zero-order chi connectivity index (χ0) is 19.2. The maximum absolute atomic E-state index is 13.3. The predicted octanol–water partition coefficient (Wildman–Crippen LogP) is 4.43. The van der Waals surface area contributed by atoms with Gasteiger partial charge in [0.2, 0.25) is 0 Å². The van der Waals surface area contributed by atoms with Gasteiger partial charge in [-0.05, 0) is 51.2 Å². The summed E-state index contributed by atoms with van der Waals surface area (Å²) in [5, 5.41) is 5.74. The summed E-state index contributed by atoms with van der Waals surface area (Å²) in [7, 11) is 0. The first-order chi connectivity index (χ1) is 13.0. The Hall–Kier alpha value is -2.83. The summed E-state index contributed by atoms with van der Waals surface area (Å²) in [6.07, 6.45) is 7.77. The van der Waals surface area contributed by atoms with Crippen molar-refractivity contribution in [2.75, 3.05) is 11.9 Å². The molecule has 0 fully saturated rings. The number of rotatable bonds is 6. The van der Waals surface area contributed by atoms with E-state index >= 15 is 0 Å². The van der Waals surface area contributed by atoms with Gasteiger partial charge in [0.25, 0.3) is 5.91 Å². The van der Waals surface area contributed by atoms with Crippen LogP contribution >= 0.6 is 0 Å². The van der Waals surface area contributed by atoms with Gasteiger partial charge in [0.15, 0.2) is 11.6 Å². The molecule has 27 heavy (non-hydrogen) atoms. The summed E-state index contributed by atoms with van der Waals surface area (Å²) in [6.45, 7) is 2.22. The van der Waals surface area contributed by atoms with Crippen LogP contribution in [-0.2, 0) is 0 Å². The molecule has 1 amide bonds. The third-order valence-corrected chi connectivity index (χ3v) is 4.38. The quantitative estimate of drug-likeness (QED) is 0.737. The Balaban J connectivity index is 1.64. The van der Waals surface area contributed by atoms with Crippen LogP contribution in [0.25, 0.3) is 0 Å². The van der Waals surface area contributed by atoms with E-state index in [-0.39, 0.29) is 11.6 Å². The number of nitrogens with zero attached hydrogens (tertiary/aromatic N) is 2. The van der Waals surface area contributed by atoms with Crippen molar-refractivity contribution in [3.05, 3.63) is 59.1 Å². The largest absolute Gasteiger partial charge is 0.350 e. The molecule has 0 saturated carbocycles. The van der Waals surface area contributed by atoms with Crippen LogP contribution in [0, 0.1) is 18.6 Å². The molecule has 0 aliphatic heterocycles. The summed E-state index contributed by atoms with van der Waals surface area (Å²) in [5.41, 5.74) is 1.95. The number of amides is 1. The van der Waals surface area contributed by atoms with Crippen LogP contribution < -0.4 is 10.6 Å². The molecule has 0 unspecified atom stereocenters. The highest BCUT2D eigenvalue weighted by atomic mass is 19.2. The number of hydrogen-bond acceptors (Lipinski definition) is 4. The molecule has 142 valence electrons. The molecular weight excluding hydrogens is 350 g/mol. The lowest BCUT2D eigenvalue weighted by Crippen LogP contribution is -2.26. The smallest absolute Gasteiger partial charge is 0.270 e. The molecule has 3 rings (SSSR count). The van der Waals surface area contributed by atoms with Crippen LogP contribution in [0.2, 0.25) is 0 Å². The van der Waals surface area contributed by atoms with E-state index in [9.17, 15) is 13.6 Å². The Morgan fingerprint density at radius 2 is 2.00 bits per heavy atom. The second-order valence-corrected chi connectivity index (χ2v) is 6.55. The third-order valence-electron chi connectivity index (χ3n) is 4.38. The van der Waals surface area contributed by atoms with Crippen molar-refractivity contribution in [1.82, 2.24) is 15.3 Å². The first-order valence-electron chi connectivity index (χ1n) is 9.05. The van der Waals surface area contributed by atoms with Crippen molar-refractivity contribution in [3.63, 3.8) is 0 Å². The number of hydrogen-bond donors (Lipinski definition) is 2. The van der Waals surface area contributed by atoms with Crippen LogP contribution in [0.3, 0.4) is 0 Å². The van der Waals surface area contributed by atoms with E-state index in [1.807, 2.05) is 0 Å². The summed E-state index contributed by atoms with van der Waals surface area (Å²) in [6, 6.07) is 4.95. The predicted molar refractivity (Wildman–Crippen MR) is 99.9 cm³/mol.